The lowest BCUT2D eigenvalue weighted by atomic mass is 10.0. The van der Waals surface area contributed by atoms with Gasteiger partial charge in [-0.25, -0.2) is 4.79 Å². The normalized spacial score (nSPS) is 17.8. The summed E-state index contributed by atoms with van der Waals surface area (Å²) in [5, 5.41) is 19.8. The largest absolute Gasteiger partial charge is 0.484 e. The van der Waals surface area contributed by atoms with E-state index >= 15 is 0 Å². The van der Waals surface area contributed by atoms with E-state index in [-0.39, 0.29) is 18.0 Å². The summed E-state index contributed by atoms with van der Waals surface area (Å²) < 4.78 is 5.25. The van der Waals surface area contributed by atoms with Crippen LogP contribution < -0.4 is 4.74 Å². The predicted molar refractivity (Wildman–Crippen MR) is 75.6 cm³/mol. The first-order chi connectivity index (χ1) is 10.5. The van der Waals surface area contributed by atoms with Gasteiger partial charge >= 0.3 is 5.97 Å². The van der Waals surface area contributed by atoms with Gasteiger partial charge in [0, 0.05) is 12.6 Å². The van der Waals surface area contributed by atoms with Crippen LogP contribution in [0.1, 0.15) is 19.3 Å². The summed E-state index contributed by atoms with van der Waals surface area (Å²) in [5.74, 6) is -1.26. The Bertz CT molecular complexity index is 588. The number of benzene rings is 1. The van der Waals surface area contributed by atoms with Gasteiger partial charge in [0.05, 0.1) is 11.0 Å². The Morgan fingerprint density at radius 1 is 1.41 bits per heavy atom. The highest BCUT2D eigenvalue weighted by atomic mass is 16.6. The molecular weight excluding hydrogens is 292 g/mol. The Kier molecular flexibility index (Phi) is 4.92. The Balaban J connectivity index is 1.98. The Labute approximate surface area is 126 Å². The van der Waals surface area contributed by atoms with Crippen LogP contribution in [0.2, 0.25) is 0 Å². The van der Waals surface area contributed by atoms with Gasteiger partial charge in [0.15, 0.2) is 6.61 Å². The molecule has 1 amide bonds. The Morgan fingerprint density at radius 3 is 2.86 bits per heavy atom. The van der Waals surface area contributed by atoms with E-state index in [2.05, 4.69) is 0 Å². The fraction of sp³-hybridized carbons (Fsp3) is 0.429. The number of nitrogens with zero attached hydrogens (tertiary/aromatic N) is 2. The lowest BCUT2D eigenvalue weighted by Gasteiger charge is -2.32. The van der Waals surface area contributed by atoms with Crippen molar-refractivity contribution >= 4 is 17.6 Å². The van der Waals surface area contributed by atoms with E-state index < -0.39 is 22.8 Å². The fourth-order valence-electron chi connectivity index (χ4n) is 2.40. The third kappa shape index (κ3) is 3.72. The molecule has 1 saturated heterocycles. The number of nitro groups is 1. The van der Waals surface area contributed by atoms with Crippen molar-refractivity contribution < 1.29 is 24.4 Å². The van der Waals surface area contributed by atoms with Gasteiger partial charge in [0.2, 0.25) is 0 Å². The average molecular weight is 308 g/mol. The Hall–Kier alpha value is -2.64. The van der Waals surface area contributed by atoms with E-state index in [0.717, 1.165) is 12.8 Å². The molecular formula is C14H16N2O6. The number of aliphatic carboxylic acids is 1. The van der Waals surface area contributed by atoms with Crippen LogP contribution >= 0.6 is 0 Å². The summed E-state index contributed by atoms with van der Waals surface area (Å²) in [4.78, 5) is 34.7. The molecule has 0 spiro atoms. The highest BCUT2D eigenvalue weighted by molar-refractivity contribution is 5.84. The van der Waals surface area contributed by atoms with Crippen LogP contribution in [0.25, 0.3) is 0 Å². The van der Waals surface area contributed by atoms with Gasteiger partial charge in [-0.05, 0) is 25.3 Å². The number of carbonyl (C=O) groups is 2. The van der Waals surface area contributed by atoms with Crippen LogP contribution in [0.15, 0.2) is 24.3 Å². The van der Waals surface area contributed by atoms with Crippen molar-refractivity contribution in [1.29, 1.82) is 0 Å². The van der Waals surface area contributed by atoms with Crippen molar-refractivity contribution in [1.82, 2.24) is 4.90 Å². The molecule has 1 heterocycles. The first-order valence-electron chi connectivity index (χ1n) is 6.88. The van der Waals surface area contributed by atoms with Crippen molar-refractivity contribution in [3.63, 3.8) is 0 Å². The minimum atomic E-state index is -1.02. The van der Waals surface area contributed by atoms with Crippen molar-refractivity contribution in [3.05, 3.63) is 34.4 Å². The SMILES string of the molecule is O=C(O)C1CCCCN1C(=O)COc1cccc([N+](=O)[O-])c1. The van der Waals surface area contributed by atoms with Gasteiger partial charge < -0.3 is 14.7 Å². The van der Waals surface area contributed by atoms with Crippen molar-refractivity contribution in [2.45, 2.75) is 25.3 Å². The molecule has 1 aliphatic heterocycles. The lowest BCUT2D eigenvalue weighted by Crippen LogP contribution is -2.49. The van der Waals surface area contributed by atoms with E-state index in [1.165, 1.54) is 29.2 Å². The number of hydrogen-bond donors (Lipinski definition) is 1. The van der Waals surface area contributed by atoms with Gasteiger partial charge in [-0.15, -0.1) is 0 Å². The number of carboxylic acid groups (broad SMARTS) is 1. The molecule has 22 heavy (non-hydrogen) atoms. The molecule has 1 fully saturated rings. The number of likely N-dealkylation sites (tertiary alicyclic amines) is 1. The molecule has 0 saturated carbocycles. The van der Waals surface area contributed by atoms with Crippen LogP contribution in [0.5, 0.6) is 5.75 Å². The summed E-state index contributed by atoms with van der Waals surface area (Å²) in [6.07, 6.45) is 1.96. The summed E-state index contributed by atoms with van der Waals surface area (Å²) in [6, 6.07) is 4.68. The summed E-state index contributed by atoms with van der Waals surface area (Å²) in [7, 11) is 0. The Morgan fingerprint density at radius 2 is 2.18 bits per heavy atom. The highest BCUT2D eigenvalue weighted by Crippen LogP contribution is 2.20. The van der Waals surface area contributed by atoms with Crippen LogP contribution in [-0.2, 0) is 9.59 Å². The van der Waals surface area contributed by atoms with E-state index in [1.807, 2.05) is 0 Å². The van der Waals surface area contributed by atoms with Crippen LogP contribution in [0.4, 0.5) is 5.69 Å². The van der Waals surface area contributed by atoms with E-state index in [0.29, 0.717) is 13.0 Å². The number of piperidine rings is 1. The maximum absolute atomic E-state index is 12.1. The quantitative estimate of drug-likeness (QED) is 0.651. The number of carbonyl (C=O) groups excluding carboxylic acids is 1. The van der Waals surface area contributed by atoms with Crippen LogP contribution in [-0.4, -0.2) is 46.0 Å². The predicted octanol–water partition coefficient (Wildman–Crippen LogP) is 1.44. The van der Waals surface area contributed by atoms with Gasteiger partial charge in [-0.3, -0.25) is 14.9 Å². The number of nitro benzene ring substituents is 1. The molecule has 0 aromatic heterocycles. The number of carboxylic acids is 1. The maximum atomic E-state index is 12.1. The number of amides is 1. The fourth-order valence-corrected chi connectivity index (χ4v) is 2.40. The third-order valence-electron chi connectivity index (χ3n) is 3.50. The first kappa shape index (κ1) is 15.7. The number of non-ortho nitro benzene ring substituents is 1. The number of rotatable bonds is 5. The smallest absolute Gasteiger partial charge is 0.326 e. The highest BCUT2D eigenvalue weighted by Gasteiger charge is 2.31. The molecule has 2 rings (SSSR count). The molecule has 8 heteroatoms. The van der Waals surface area contributed by atoms with E-state index in [4.69, 9.17) is 9.84 Å². The molecule has 1 aromatic carbocycles. The minimum Gasteiger partial charge on any atom is -0.484 e. The zero-order valence-electron chi connectivity index (χ0n) is 11.8. The zero-order chi connectivity index (χ0) is 16.1. The van der Waals surface area contributed by atoms with Crippen LogP contribution in [0, 0.1) is 10.1 Å². The van der Waals surface area contributed by atoms with Gasteiger partial charge in [0.1, 0.15) is 11.8 Å². The monoisotopic (exact) mass is 308 g/mol. The topological polar surface area (TPSA) is 110 Å². The molecule has 1 atom stereocenters. The summed E-state index contributed by atoms with van der Waals surface area (Å²) in [5.41, 5.74) is -0.133. The molecule has 1 aromatic rings. The molecule has 1 aliphatic rings. The minimum absolute atomic E-state index is 0.133. The molecule has 0 radical (unpaired) electrons. The second kappa shape index (κ2) is 6.88. The van der Waals surface area contributed by atoms with Crippen molar-refractivity contribution in [2.24, 2.45) is 0 Å². The second-order valence-corrected chi connectivity index (χ2v) is 4.98. The average Bonchev–Trinajstić information content (AvgIpc) is 2.52. The van der Waals surface area contributed by atoms with Crippen molar-refractivity contribution in [3.8, 4) is 5.75 Å². The first-order valence-corrected chi connectivity index (χ1v) is 6.88. The number of ether oxygens (including phenoxy) is 1. The summed E-state index contributed by atoms with van der Waals surface area (Å²) >= 11 is 0. The molecule has 1 N–H and O–H groups in total. The van der Waals surface area contributed by atoms with Crippen LogP contribution in [0.3, 0.4) is 0 Å². The van der Waals surface area contributed by atoms with Gasteiger partial charge in [-0.2, -0.15) is 0 Å². The summed E-state index contributed by atoms with van der Waals surface area (Å²) in [6.45, 7) is 0.0407. The van der Waals surface area contributed by atoms with Crippen molar-refractivity contribution in [2.75, 3.05) is 13.2 Å². The lowest BCUT2D eigenvalue weighted by molar-refractivity contribution is -0.384. The molecule has 8 nitrogen and oxygen atoms in total. The molecule has 1 unspecified atom stereocenters. The van der Waals surface area contributed by atoms with Gasteiger partial charge in [-0.1, -0.05) is 6.07 Å². The molecule has 0 aliphatic carbocycles. The molecule has 118 valence electrons. The standard InChI is InChI=1S/C14H16N2O6/c17-13(15-7-2-1-6-12(15)14(18)19)9-22-11-5-3-4-10(8-11)16(20)21/h3-5,8,12H,1-2,6-7,9H2,(H,18,19). The third-order valence-corrected chi connectivity index (χ3v) is 3.50. The van der Waals surface area contributed by atoms with E-state index in [1.54, 1.807) is 0 Å². The number of hydrogen-bond acceptors (Lipinski definition) is 5. The second-order valence-electron chi connectivity index (χ2n) is 4.98. The van der Waals surface area contributed by atoms with Gasteiger partial charge in [0.25, 0.3) is 11.6 Å². The zero-order valence-corrected chi connectivity index (χ0v) is 11.8. The maximum Gasteiger partial charge on any atom is 0.326 e. The van der Waals surface area contributed by atoms with E-state index in [9.17, 15) is 19.7 Å². The molecule has 0 bridgehead atoms.